The lowest BCUT2D eigenvalue weighted by Crippen LogP contribution is -2.69. The highest BCUT2D eigenvalue weighted by atomic mass is 28.4. The van der Waals surface area contributed by atoms with Gasteiger partial charge in [-0.1, -0.05) is 112 Å². The molecule has 3 atom stereocenters. The topological polar surface area (TPSA) is 86.4 Å². The van der Waals surface area contributed by atoms with Crippen molar-refractivity contribution < 1.29 is 28.2 Å². The number of ether oxygens (including phenoxy) is 3. The highest BCUT2D eigenvalue weighted by Gasteiger charge is 2.52. The fourth-order valence-corrected chi connectivity index (χ4v) is 9.73. The zero-order chi connectivity index (χ0) is 29.5. The normalized spacial score (nSPS) is 18.2. The van der Waals surface area contributed by atoms with E-state index in [0.29, 0.717) is 13.0 Å². The lowest BCUT2D eigenvalue weighted by Gasteiger charge is -2.45. The summed E-state index contributed by atoms with van der Waals surface area (Å²) in [5.41, 5.74) is 0.588. The Balaban J connectivity index is 1.62. The maximum Gasteiger partial charge on any atom is 0.408 e. The summed E-state index contributed by atoms with van der Waals surface area (Å²) in [4.78, 5) is 26.5. The Kier molecular flexibility index (Phi) is 9.68. The van der Waals surface area contributed by atoms with Gasteiger partial charge in [-0.3, -0.25) is 0 Å². The molecule has 3 aromatic rings. The highest BCUT2D eigenvalue weighted by molar-refractivity contribution is 6.99. The van der Waals surface area contributed by atoms with Crippen molar-refractivity contribution >= 4 is 30.8 Å². The van der Waals surface area contributed by atoms with Crippen molar-refractivity contribution in [1.29, 1.82) is 0 Å². The minimum atomic E-state index is -3.01. The number of nitrogens with one attached hydrogen (secondary N) is 1. The molecule has 1 N–H and O–H groups in total. The number of epoxide rings is 1. The molecule has 1 fully saturated rings. The summed E-state index contributed by atoms with van der Waals surface area (Å²) in [5, 5.41) is 4.59. The number of carbonyl (C=O) groups is 2. The van der Waals surface area contributed by atoms with Crippen molar-refractivity contribution in [2.75, 3.05) is 13.2 Å². The number of alkyl carbamates (subject to hydrolysis) is 1. The van der Waals surface area contributed by atoms with E-state index < -0.39 is 32.5 Å². The van der Waals surface area contributed by atoms with Crippen LogP contribution in [0.5, 0.6) is 0 Å². The quantitative estimate of drug-likeness (QED) is 0.187. The summed E-state index contributed by atoms with van der Waals surface area (Å²) < 4.78 is 23.7. The Morgan fingerprint density at radius 2 is 1.41 bits per heavy atom. The molecular formula is C33H41NO6Si. The SMILES string of the molecule is CC(O[Si](c1ccccc1)(c1ccccc1)C(C)(C)C)[C@H](NC(=O)OCc1ccccc1)C(=O)OCCC1(C)CO1. The lowest BCUT2D eigenvalue weighted by atomic mass is 10.1. The Morgan fingerprint density at radius 1 is 0.902 bits per heavy atom. The molecule has 0 radical (unpaired) electrons. The van der Waals surface area contributed by atoms with E-state index in [1.54, 1.807) is 0 Å². The van der Waals surface area contributed by atoms with Crippen LogP contribution >= 0.6 is 0 Å². The van der Waals surface area contributed by atoms with Crippen LogP contribution in [0.4, 0.5) is 4.79 Å². The summed E-state index contributed by atoms with van der Waals surface area (Å²) >= 11 is 0. The van der Waals surface area contributed by atoms with E-state index in [2.05, 4.69) is 50.4 Å². The van der Waals surface area contributed by atoms with Crippen LogP contribution in [-0.2, 0) is 30.0 Å². The summed E-state index contributed by atoms with van der Waals surface area (Å²) in [6.45, 7) is 11.2. The molecule has 41 heavy (non-hydrogen) atoms. The maximum absolute atomic E-state index is 13.5. The first-order chi connectivity index (χ1) is 19.5. The van der Waals surface area contributed by atoms with E-state index in [1.807, 2.05) is 80.6 Å². The predicted octanol–water partition coefficient (Wildman–Crippen LogP) is 4.97. The second-order valence-corrected chi connectivity index (χ2v) is 16.1. The molecule has 0 saturated carbocycles. The first-order valence-electron chi connectivity index (χ1n) is 14.1. The van der Waals surface area contributed by atoms with E-state index >= 15 is 0 Å². The Bertz CT molecular complexity index is 1240. The number of hydrogen-bond donors (Lipinski definition) is 1. The first-order valence-corrected chi connectivity index (χ1v) is 16.0. The van der Waals surface area contributed by atoms with Gasteiger partial charge in [-0.05, 0) is 34.8 Å². The molecule has 2 unspecified atom stereocenters. The molecule has 1 aliphatic heterocycles. The van der Waals surface area contributed by atoms with Gasteiger partial charge in [0.2, 0.25) is 0 Å². The number of esters is 1. The van der Waals surface area contributed by atoms with Gasteiger partial charge in [-0.15, -0.1) is 0 Å². The second-order valence-electron chi connectivity index (χ2n) is 11.8. The smallest absolute Gasteiger partial charge is 0.408 e. The zero-order valence-corrected chi connectivity index (χ0v) is 25.6. The van der Waals surface area contributed by atoms with Crippen molar-refractivity contribution in [2.45, 2.75) is 70.4 Å². The largest absolute Gasteiger partial charge is 0.464 e. The molecule has 4 rings (SSSR count). The molecule has 218 valence electrons. The van der Waals surface area contributed by atoms with Crippen LogP contribution in [0.1, 0.15) is 46.6 Å². The van der Waals surface area contributed by atoms with Gasteiger partial charge in [0.25, 0.3) is 8.32 Å². The van der Waals surface area contributed by atoms with Crippen LogP contribution in [-0.4, -0.2) is 51.3 Å². The van der Waals surface area contributed by atoms with Crippen molar-refractivity contribution in [3.8, 4) is 0 Å². The van der Waals surface area contributed by atoms with Gasteiger partial charge in [0.05, 0.1) is 24.9 Å². The first kappa shape index (κ1) is 30.5. The molecule has 1 heterocycles. The molecule has 1 amide bonds. The minimum Gasteiger partial charge on any atom is -0.464 e. The zero-order valence-electron chi connectivity index (χ0n) is 24.6. The fraction of sp³-hybridized carbons (Fsp3) is 0.394. The molecule has 1 saturated heterocycles. The molecule has 0 aromatic heterocycles. The molecule has 0 aliphatic carbocycles. The van der Waals surface area contributed by atoms with Gasteiger partial charge in [-0.25, -0.2) is 9.59 Å². The average Bonchev–Trinajstić information content (AvgIpc) is 3.70. The summed E-state index contributed by atoms with van der Waals surface area (Å²) in [6, 6.07) is 28.6. The predicted molar refractivity (Wildman–Crippen MR) is 162 cm³/mol. The van der Waals surface area contributed by atoms with E-state index in [-0.39, 0.29) is 23.9 Å². The van der Waals surface area contributed by atoms with Gasteiger partial charge in [0.1, 0.15) is 6.61 Å². The number of carbonyl (C=O) groups excluding carboxylic acids is 2. The van der Waals surface area contributed by atoms with Crippen LogP contribution in [0.3, 0.4) is 0 Å². The van der Waals surface area contributed by atoms with Crippen LogP contribution in [0.25, 0.3) is 0 Å². The van der Waals surface area contributed by atoms with Gasteiger partial charge in [-0.2, -0.15) is 0 Å². The third-order valence-corrected chi connectivity index (χ3v) is 12.6. The molecule has 8 heteroatoms. The molecule has 3 aromatic carbocycles. The molecular weight excluding hydrogens is 534 g/mol. The van der Waals surface area contributed by atoms with E-state index in [1.165, 1.54) is 0 Å². The summed E-state index contributed by atoms with van der Waals surface area (Å²) in [5.74, 6) is -0.573. The third-order valence-electron chi connectivity index (χ3n) is 7.50. The Morgan fingerprint density at radius 3 is 1.90 bits per heavy atom. The van der Waals surface area contributed by atoms with E-state index in [9.17, 15) is 9.59 Å². The second kappa shape index (κ2) is 13.0. The molecule has 0 bridgehead atoms. The van der Waals surface area contributed by atoms with Crippen molar-refractivity contribution in [3.05, 3.63) is 96.6 Å². The average molecular weight is 576 g/mol. The fourth-order valence-electron chi connectivity index (χ4n) is 5.02. The number of rotatable bonds is 12. The van der Waals surface area contributed by atoms with Crippen molar-refractivity contribution in [1.82, 2.24) is 5.32 Å². The maximum atomic E-state index is 13.5. The molecule has 0 spiro atoms. The molecule has 7 nitrogen and oxygen atoms in total. The Labute approximate surface area is 244 Å². The lowest BCUT2D eigenvalue weighted by molar-refractivity contribution is -0.148. The van der Waals surface area contributed by atoms with Crippen LogP contribution < -0.4 is 15.7 Å². The number of benzene rings is 3. The standard InChI is InChI=1S/C33H41NO6Si/c1-25(40-41(32(2,3)4,27-17-11-7-12-18-27)28-19-13-8-14-20-28)29(30(35)37-22-21-33(5)24-39-33)34-31(36)38-23-26-15-9-6-10-16-26/h6-20,25,29H,21-24H2,1-5H3,(H,34,36)/t25?,29-,33?/m0/s1. The van der Waals surface area contributed by atoms with Gasteiger partial charge >= 0.3 is 12.1 Å². The van der Waals surface area contributed by atoms with Crippen LogP contribution in [0.2, 0.25) is 5.04 Å². The van der Waals surface area contributed by atoms with Gasteiger partial charge < -0.3 is 24.0 Å². The van der Waals surface area contributed by atoms with Crippen LogP contribution in [0.15, 0.2) is 91.0 Å². The summed E-state index contributed by atoms with van der Waals surface area (Å²) in [7, 11) is -3.01. The van der Waals surface area contributed by atoms with Crippen LogP contribution in [0, 0.1) is 0 Å². The van der Waals surface area contributed by atoms with Gasteiger partial charge in [0, 0.05) is 6.42 Å². The molecule has 1 aliphatic rings. The third kappa shape index (κ3) is 7.64. The number of hydrogen-bond acceptors (Lipinski definition) is 6. The number of amides is 1. The van der Waals surface area contributed by atoms with Crippen molar-refractivity contribution in [2.24, 2.45) is 0 Å². The Hall–Kier alpha value is -3.46. The van der Waals surface area contributed by atoms with Crippen molar-refractivity contribution in [3.63, 3.8) is 0 Å². The van der Waals surface area contributed by atoms with E-state index in [0.717, 1.165) is 15.9 Å². The minimum absolute atomic E-state index is 0.0775. The van der Waals surface area contributed by atoms with Gasteiger partial charge in [0.15, 0.2) is 6.04 Å². The van der Waals surface area contributed by atoms with E-state index in [4.69, 9.17) is 18.6 Å². The summed E-state index contributed by atoms with van der Waals surface area (Å²) in [6.07, 6.45) is -0.870. The monoisotopic (exact) mass is 575 g/mol. The highest BCUT2D eigenvalue weighted by Crippen LogP contribution is 2.38.